The molecule has 0 saturated heterocycles. The molecule has 1 heterocycles. The first-order chi connectivity index (χ1) is 22.6. The first-order valence-electron chi connectivity index (χ1n) is 17.8. The predicted octanol–water partition coefficient (Wildman–Crippen LogP) is 9.38. The van der Waals surface area contributed by atoms with Crippen LogP contribution in [0.15, 0.2) is 48.5 Å². The minimum Gasteiger partial charge on any atom is -0.490 e. The summed E-state index contributed by atoms with van der Waals surface area (Å²) in [5.74, 6) is -0.336. The molecule has 0 fully saturated rings. The van der Waals surface area contributed by atoms with Gasteiger partial charge in [0.25, 0.3) is 0 Å². The second kappa shape index (κ2) is 23.4. The Kier molecular flexibility index (Phi) is 19.0. The number of aliphatic carboxylic acids is 1. The fraction of sp³-hybridized carbons (Fsp3) is 0.658. The van der Waals surface area contributed by atoms with E-state index >= 15 is 0 Å². The SMILES string of the molecule is CCCCCCCCCCCCCCCCCCOC1(OCC(=O)O)COc2ccccc2OCCCOc2ccccc2OC1. The van der Waals surface area contributed by atoms with Crippen LogP contribution < -0.4 is 18.9 Å². The third-order valence-corrected chi connectivity index (χ3v) is 8.22. The zero-order chi connectivity index (χ0) is 32.5. The Hall–Kier alpha value is -2.97. The van der Waals surface area contributed by atoms with E-state index in [9.17, 15) is 9.90 Å². The highest BCUT2D eigenvalue weighted by Gasteiger charge is 2.37. The molecule has 8 heteroatoms. The number of carboxylic acids is 1. The molecule has 0 saturated carbocycles. The Morgan fingerprint density at radius 3 is 1.41 bits per heavy atom. The molecule has 46 heavy (non-hydrogen) atoms. The molecule has 1 aliphatic rings. The molecule has 0 radical (unpaired) electrons. The minimum atomic E-state index is -1.46. The molecule has 0 aliphatic carbocycles. The van der Waals surface area contributed by atoms with Gasteiger partial charge < -0.3 is 33.5 Å². The van der Waals surface area contributed by atoms with Crippen LogP contribution >= 0.6 is 0 Å². The summed E-state index contributed by atoms with van der Waals surface area (Å²) in [6.45, 7) is 2.83. The van der Waals surface area contributed by atoms with Gasteiger partial charge in [-0.3, -0.25) is 0 Å². The number of ether oxygens (including phenoxy) is 6. The summed E-state index contributed by atoms with van der Waals surface area (Å²) in [6.07, 6.45) is 21.3. The Labute approximate surface area is 277 Å². The maximum Gasteiger partial charge on any atom is 0.329 e. The number of unbranched alkanes of at least 4 members (excludes halogenated alkanes) is 15. The van der Waals surface area contributed by atoms with E-state index in [4.69, 9.17) is 28.4 Å². The van der Waals surface area contributed by atoms with Crippen LogP contribution in [0, 0.1) is 0 Å². The summed E-state index contributed by atoms with van der Waals surface area (Å²) in [4.78, 5) is 11.6. The second-order valence-corrected chi connectivity index (χ2v) is 12.3. The number of rotatable bonds is 21. The average molecular weight is 643 g/mol. The van der Waals surface area contributed by atoms with Crippen molar-refractivity contribution >= 4 is 5.97 Å². The second-order valence-electron chi connectivity index (χ2n) is 12.3. The van der Waals surface area contributed by atoms with Gasteiger partial charge in [-0.05, 0) is 30.7 Å². The quantitative estimate of drug-likeness (QED) is 0.106. The first-order valence-corrected chi connectivity index (χ1v) is 17.8. The summed E-state index contributed by atoms with van der Waals surface area (Å²) in [6, 6.07) is 14.8. The molecule has 2 aromatic rings. The van der Waals surface area contributed by atoms with Crippen molar-refractivity contribution in [3.05, 3.63) is 48.5 Å². The van der Waals surface area contributed by atoms with Gasteiger partial charge in [-0.15, -0.1) is 0 Å². The van der Waals surface area contributed by atoms with Crippen molar-refractivity contribution in [3.63, 3.8) is 0 Å². The van der Waals surface area contributed by atoms with Crippen molar-refractivity contribution in [2.75, 3.05) is 39.6 Å². The van der Waals surface area contributed by atoms with Crippen molar-refractivity contribution in [3.8, 4) is 23.0 Å². The monoisotopic (exact) mass is 642 g/mol. The number of benzene rings is 2. The van der Waals surface area contributed by atoms with Crippen molar-refractivity contribution < 1.29 is 38.3 Å². The number of para-hydroxylation sites is 4. The Bertz CT molecular complexity index is 1020. The lowest BCUT2D eigenvalue weighted by atomic mass is 10.0. The van der Waals surface area contributed by atoms with Crippen molar-refractivity contribution in [1.29, 1.82) is 0 Å². The zero-order valence-corrected chi connectivity index (χ0v) is 28.2. The number of hydrogen-bond acceptors (Lipinski definition) is 7. The molecule has 0 bridgehead atoms. The summed E-state index contributed by atoms with van der Waals surface area (Å²) in [7, 11) is 0. The van der Waals surface area contributed by atoms with Crippen LogP contribution in [0.1, 0.15) is 116 Å². The molecule has 2 aromatic carbocycles. The minimum absolute atomic E-state index is 0.0808. The summed E-state index contributed by atoms with van der Waals surface area (Å²) in [5.41, 5.74) is 0. The molecule has 1 N–H and O–H groups in total. The fourth-order valence-corrected chi connectivity index (χ4v) is 5.53. The average Bonchev–Trinajstić information content (AvgIpc) is 3.07. The standard InChI is InChI=1S/C38H58O8/c1-2-3-4-5-6-7-8-9-10-11-12-13-14-15-16-21-29-45-38(46-30-37(39)40)31-43-35-25-19-17-23-33(35)41-27-22-28-42-34-24-18-20-26-36(34)44-32-38/h17-20,23-26H,2-16,21-22,27-32H2,1H3,(H,39,40). The van der Waals surface area contributed by atoms with Gasteiger partial charge in [-0.25, -0.2) is 4.79 Å². The highest BCUT2D eigenvalue weighted by atomic mass is 16.7. The molecule has 8 nitrogen and oxygen atoms in total. The van der Waals surface area contributed by atoms with Gasteiger partial charge in [0.1, 0.15) is 19.8 Å². The van der Waals surface area contributed by atoms with Gasteiger partial charge in [0.05, 0.1) is 19.8 Å². The third kappa shape index (κ3) is 15.5. The molecule has 0 amide bonds. The van der Waals surface area contributed by atoms with E-state index in [2.05, 4.69) is 6.92 Å². The van der Waals surface area contributed by atoms with E-state index in [0.29, 0.717) is 49.2 Å². The maximum absolute atomic E-state index is 11.6. The maximum atomic E-state index is 11.6. The third-order valence-electron chi connectivity index (χ3n) is 8.22. The fourth-order valence-electron chi connectivity index (χ4n) is 5.53. The van der Waals surface area contributed by atoms with Crippen molar-refractivity contribution in [2.45, 2.75) is 122 Å². The highest BCUT2D eigenvalue weighted by Crippen LogP contribution is 2.31. The Balaban J connectivity index is 1.47. The lowest BCUT2D eigenvalue weighted by molar-refractivity contribution is -0.263. The molecule has 3 rings (SSSR count). The molecule has 0 aromatic heterocycles. The van der Waals surface area contributed by atoms with Gasteiger partial charge in [0, 0.05) is 6.42 Å². The van der Waals surface area contributed by atoms with Crippen LogP contribution in [0.25, 0.3) is 0 Å². The molecular weight excluding hydrogens is 584 g/mol. The zero-order valence-electron chi connectivity index (χ0n) is 28.2. The van der Waals surface area contributed by atoms with Crippen LogP contribution in [-0.4, -0.2) is 56.5 Å². The Morgan fingerprint density at radius 2 is 1.00 bits per heavy atom. The van der Waals surface area contributed by atoms with E-state index in [1.807, 2.05) is 48.5 Å². The molecule has 1 aliphatic heterocycles. The normalized spacial score (nSPS) is 14.8. The highest BCUT2D eigenvalue weighted by molar-refractivity contribution is 5.68. The number of carbonyl (C=O) groups is 1. The van der Waals surface area contributed by atoms with Crippen LogP contribution in [-0.2, 0) is 14.3 Å². The van der Waals surface area contributed by atoms with Crippen LogP contribution in [0.5, 0.6) is 23.0 Å². The van der Waals surface area contributed by atoms with E-state index in [0.717, 1.165) is 19.3 Å². The topological polar surface area (TPSA) is 92.7 Å². The molecule has 258 valence electrons. The largest absolute Gasteiger partial charge is 0.490 e. The van der Waals surface area contributed by atoms with Gasteiger partial charge in [0.15, 0.2) is 23.0 Å². The van der Waals surface area contributed by atoms with E-state index in [-0.39, 0.29) is 13.2 Å². The van der Waals surface area contributed by atoms with Crippen molar-refractivity contribution in [1.82, 2.24) is 0 Å². The summed E-state index contributed by atoms with van der Waals surface area (Å²) < 4.78 is 36.5. The first kappa shape index (κ1) is 37.5. The van der Waals surface area contributed by atoms with E-state index < -0.39 is 18.4 Å². The number of fused-ring (bicyclic) bond motifs is 2. The van der Waals surface area contributed by atoms with Gasteiger partial charge in [-0.2, -0.15) is 0 Å². The van der Waals surface area contributed by atoms with Gasteiger partial charge in [0.2, 0.25) is 5.79 Å². The lowest BCUT2D eigenvalue weighted by Crippen LogP contribution is -2.48. The van der Waals surface area contributed by atoms with Crippen LogP contribution in [0.2, 0.25) is 0 Å². The van der Waals surface area contributed by atoms with Gasteiger partial charge >= 0.3 is 5.97 Å². The molecular formula is C38H58O8. The summed E-state index contributed by atoms with van der Waals surface area (Å²) >= 11 is 0. The smallest absolute Gasteiger partial charge is 0.329 e. The predicted molar refractivity (Wildman–Crippen MR) is 181 cm³/mol. The molecule has 0 unspecified atom stereocenters. The van der Waals surface area contributed by atoms with Gasteiger partial charge in [-0.1, -0.05) is 128 Å². The van der Waals surface area contributed by atoms with Crippen molar-refractivity contribution in [2.24, 2.45) is 0 Å². The van der Waals surface area contributed by atoms with Crippen LogP contribution in [0.3, 0.4) is 0 Å². The number of hydrogen-bond donors (Lipinski definition) is 1. The summed E-state index contributed by atoms with van der Waals surface area (Å²) in [5, 5.41) is 9.47. The van der Waals surface area contributed by atoms with E-state index in [1.165, 1.54) is 83.5 Å². The van der Waals surface area contributed by atoms with E-state index in [1.54, 1.807) is 0 Å². The van der Waals surface area contributed by atoms with Crippen LogP contribution in [0.4, 0.5) is 0 Å². The molecule has 0 atom stereocenters. The number of carboxylic acid groups (broad SMARTS) is 1. The Morgan fingerprint density at radius 1 is 0.609 bits per heavy atom. The lowest BCUT2D eigenvalue weighted by Gasteiger charge is -2.33. The molecule has 0 spiro atoms.